The van der Waals surface area contributed by atoms with Gasteiger partial charge in [0, 0.05) is 65.5 Å². The Kier molecular flexibility index (Phi) is 8.78. The van der Waals surface area contributed by atoms with Crippen molar-refractivity contribution in [2.75, 3.05) is 50.1 Å². The maximum Gasteiger partial charge on any atom is 0.275 e. The minimum absolute atomic E-state index is 0.333. The summed E-state index contributed by atoms with van der Waals surface area (Å²) in [5, 5.41) is 12.0. The molecule has 3 heterocycles. The quantitative estimate of drug-likeness (QED) is 0.246. The Morgan fingerprint density at radius 3 is 2.52 bits per heavy atom. The summed E-state index contributed by atoms with van der Waals surface area (Å²) in [4.78, 5) is 22.5. The number of fused-ring (bicyclic) bond motifs is 1. The zero-order valence-corrected chi connectivity index (χ0v) is 24.5. The second-order valence-corrected chi connectivity index (χ2v) is 11.3. The lowest BCUT2D eigenvalue weighted by molar-refractivity contribution is 0.243. The molecule has 0 saturated carbocycles. The lowest BCUT2D eigenvalue weighted by Gasteiger charge is -2.36. The van der Waals surface area contributed by atoms with E-state index < -0.39 is 0 Å². The molecule has 2 N–H and O–H groups in total. The summed E-state index contributed by atoms with van der Waals surface area (Å²) in [7, 11) is 1.65. The highest BCUT2D eigenvalue weighted by atomic mass is 35.5. The molecule has 8 nitrogen and oxygen atoms in total. The average molecular weight is 582 g/mol. The molecule has 1 saturated heterocycles. The number of H-pyrrole nitrogens is 1. The largest absolute Gasteiger partial charge is 0.494 e. The van der Waals surface area contributed by atoms with E-state index in [1.54, 1.807) is 31.5 Å². The number of halogens is 2. The predicted molar refractivity (Wildman–Crippen MR) is 164 cm³/mol. The van der Waals surface area contributed by atoms with Crippen LogP contribution in [-0.2, 0) is 6.42 Å². The molecule has 210 valence electrons. The zero-order valence-electron chi connectivity index (χ0n) is 23.0. The van der Waals surface area contributed by atoms with Crippen LogP contribution in [-0.4, -0.2) is 59.9 Å². The van der Waals surface area contributed by atoms with Crippen molar-refractivity contribution >= 4 is 51.2 Å². The summed E-state index contributed by atoms with van der Waals surface area (Å²) in [5.74, 6) is 1.79. The van der Waals surface area contributed by atoms with Crippen LogP contribution in [0.4, 0.5) is 17.2 Å². The van der Waals surface area contributed by atoms with Crippen LogP contribution in [0.5, 0.6) is 5.75 Å². The van der Waals surface area contributed by atoms with Gasteiger partial charge in [0.2, 0.25) is 0 Å². The van der Waals surface area contributed by atoms with Crippen LogP contribution in [0.15, 0.2) is 53.5 Å². The van der Waals surface area contributed by atoms with Gasteiger partial charge < -0.3 is 15.0 Å². The number of methoxy groups -OCH3 is 1. The molecule has 0 bridgehead atoms. The van der Waals surface area contributed by atoms with Gasteiger partial charge in [-0.25, -0.2) is 10.1 Å². The number of nitrogens with one attached hydrogen (secondary N) is 2. The van der Waals surface area contributed by atoms with Crippen molar-refractivity contribution in [3.63, 3.8) is 0 Å². The molecule has 0 atom stereocenters. The number of aromatic amines is 1. The van der Waals surface area contributed by atoms with E-state index in [1.165, 1.54) is 6.42 Å². The summed E-state index contributed by atoms with van der Waals surface area (Å²) >= 11 is 12.9. The second-order valence-electron chi connectivity index (χ2n) is 10.5. The monoisotopic (exact) mass is 580 g/mol. The highest BCUT2D eigenvalue weighted by Crippen LogP contribution is 2.34. The van der Waals surface area contributed by atoms with Gasteiger partial charge in [-0.05, 0) is 54.8 Å². The van der Waals surface area contributed by atoms with Crippen LogP contribution in [0.2, 0.25) is 10.0 Å². The standard InChI is InChI=1S/C30H34Cl2N6O2/c1-19(2)9-10-37-11-13-38(14-12-37)22-7-8-26(27(17-22)40-3)35-29-28-20(18-33-36-30(28)39)15-21(34-29)16-23-24(31)5-4-6-25(23)32/h4-8,15,17-19H,9-14,16H2,1-3H3,(H,34,35)(H,36,39). The van der Waals surface area contributed by atoms with Gasteiger partial charge in [-0.15, -0.1) is 0 Å². The lowest BCUT2D eigenvalue weighted by Crippen LogP contribution is -2.46. The second kappa shape index (κ2) is 12.5. The number of hydrogen-bond acceptors (Lipinski definition) is 7. The highest BCUT2D eigenvalue weighted by molar-refractivity contribution is 6.36. The molecule has 2 aromatic carbocycles. The first kappa shape index (κ1) is 28.2. The van der Waals surface area contributed by atoms with Gasteiger partial charge in [-0.2, -0.15) is 5.10 Å². The zero-order chi connectivity index (χ0) is 28.2. The first-order valence-electron chi connectivity index (χ1n) is 13.5. The van der Waals surface area contributed by atoms with Gasteiger partial charge in [0.05, 0.1) is 24.4 Å². The van der Waals surface area contributed by atoms with Crippen molar-refractivity contribution in [3.8, 4) is 5.75 Å². The van der Waals surface area contributed by atoms with E-state index in [0.29, 0.717) is 50.2 Å². The van der Waals surface area contributed by atoms with Crippen molar-refractivity contribution in [1.29, 1.82) is 0 Å². The fraction of sp³-hybridized carbons (Fsp3) is 0.367. The minimum atomic E-state index is -0.333. The van der Waals surface area contributed by atoms with E-state index in [0.717, 1.165) is 49.9 Å². The number of aromatic nitrogens is 3. The van der Waals surface area contributed by atoms with Gasteiger partial charge in [0.1, 0.15) is 11.6 Å². The molecule has 1 aliphatic heterocycles. The van der Waals surface area contributed by atoms with Crippen LogP contribution in [0, 0.1) is 5.92 Å². The number of pyridine rings is 1. The number of piperazine rings is 1. The molecule has 0 aliphatic carbocycles. The molecule has 10 heteroatoms. The fourth-order valence-electron chi connectivity index (χ4n) is 5.02. The molecule has 1 fully saturated rings. The molecule has 0 amide bonds. The molecule has 40 heavy (non-hydrogen) atoms. The van der Waals surface area contributed by atoms with E-state index in [2.05, 4.69) is 45.2 Å². The van der Waals surface area contributed by atoms with Crippen molar-refractivity contribution in [2.45, 2.75) is 26.7 Å². The third kappa shape index (κ3) is 6.35. The van der Waals surface area contributed by atoms with Gasteiger partial charge >= 0.3 is 0 Å². The third-order valence-electron chi connectivity index (χ3n) is 7.32. The molecular weight excluding hydrogens is 547 g/mol. The normalized spacial score (nSPS) is 14.2. The Morgan fingerprint density at radius 1 is 1.07 bits per heavy atom. The number of ether oxygens (including phenoxy) is 1. The van der Waals surface area contributed by atoms with Crippen molar-refractivity contribution in [2.24, 2.45) is 5.92 Å². The lowest BCUT2D eigenvalue weighted by atomic mass is 10.1. The Balaban J connectivity index is 1.41. The molecular formula is C30H34Cl2N6O2. The van der Waals surface area contributed by atoms with Crippen LogP contribution in [0.1, 0.15) is 31.5 Å². The number of anilines is 3. The number of rotatable bonds is 9. The Hall–Kier alpha value is -3.33. The summed E-state index contributed by atoms with van der Waals surface area (Å²) < 4.78 is 5.77. The van der Waals surface area contributed by atoms with Crippen LogP contribution in [0.3, 0.4) is 0 Å². The Morgan fingerprint density at radius 2 is 1.82 bits per heavy atom. The van der Waals surface area contributed by atoms with Crippen molar-refractivity contribution in [3.05, 3.63) is 80.3 Å². The van der Waals surface area contributed by atoms with Crippen LogP contribution in [0.25, 0.3) is 10.8 Å². The third-order valence-corrected chi connectivity index (χ3v) is 8.03. The van der Waals surface area contributed by atoms with E-state index >= 15 is 0 Å². The predicted octanol–water partition coefficient (Wildman–Crippen LogP) is 6.14. The van der Waals surface area contributed by atoms with Crippen LogP contribution < -0.4 is 20.5 Å². The Labute approximate surface area is 244 Å². The molecule has 0 unspecified atom stereocenters. The summed E-state index contributed by atoms with van der Waals surface area (Å²) in [6.45, 7) is 9.72. The molecule has 1 aliphatic rings. The summed E-state index contributed by atoms with van der Waals surface area (Å²) in [6.07, 6.45) is 3.24. The highest BCUT2D eigenvalue weighted by Gasteiger charge is 2.20. The first-order chi connectivity index (χ1) is 19.3. The minimum Gasteiger partial charge on any atom is -0.494 e. The molecule has 5 rings (SSSR count). The number of hydrogen-bond donors (Lipinski definition) is 2. The van der Waals surface area contributed by atoms with Gasteiger partial charge in [-0.3, -0.25) is 9.69 Å². The number of benzene rings is 2. The molecule has 4 aromatic rings. The van der Waals surface area contributed by atoms with Crippen molar-refractivity contribution < 1.29 is 4.74 Å². The average Bonchev–Trinajstić information content (AvgIpc) is 2.94. The van der Waals surface area contributed by atoms with E-state index in [-0.39, 0.29) is 5.56 Å². The van der Waals surface area contributed by atoms with Gasteiger partial charge in [-0.1, -0.05) is 43.1 Å². The topological polar surface area (TPSA) is 86.4 Å². The Bertz CT molecular complexity index is 1530. The number of nitrogens with zero attached hydrogens (tertiary/aromatic N) is 4. The van der Waals surface area contributed by atoms with E-state index in [4.69, 9.17) is 32.9 Å². The smallest absolute Gasteiger partial charge is 0.275 e. The SMILES string of the molecule is COc1cc(N2CCN(CCC(C)C)CC2)ccc1Nc1nc(Cc2c(Cl)cccc2Cl)cc2cn[nH]c(=O)c12. The maximum atomic E-state index is 12.8. The molecule has 0 radical (unpaired) electrons. The van der Waals surface area contributed by atoms with E-state index in [9.17, 15) is 4.79 Å². The fourth-order valence-corrected chi connectivity index (χ4v) is 5.55. The molecule has 2 aromatic heterocycles. The van der Waals surface area contributed by atoms with Gasteiger partial charge in [0.15, 0.2) is 0 Å². The van der Waals surface area contributed by atoms with Crippen LogP contribution >= 0.6 is 23.2 Å². The summed E-state index contributed by atoms with van der Waals surface area (Å²) in [5.41, 5.74) is 2.95. The maximum absolute atomic E-state index is 12.8. The first-order valence-corrected chi connectivity index (χ1v) is 14.3. The summed E-state index contributed by atoms with van der Waals surface area (Å²) in [6, 6.07) is 13.3. The van der Waals surface area contributed by atoms with Crippen molar-refractivity contribution in [1.82, 2.24) is 20.1 Å². The molecule has 0 spiro atoms. The van der Waals surface area contributed by atoms with E-state index in [1.807, 2.05) is 18.2 Å². The van der Waals surface area contributed by atoms with Gasteiger partial charge in [0.25, 0.3) is 5.56 Å².